The lowest BCUT2D eigenvalue weighted by Crippen LogP contribution is -2.04. The Morgan fingerprint density at radius 1 is 0.364 bits per heavy atom. The van der Waals surface area contributed by atoms with Crippen molar-refractivity contribution in [3.8, 4) is 22.5 Å². The second-order valence-electron chi connectivity index (χ2n) is 12.1. The number of benzene rings is 7. The second-order valence-corrected chi connectivity index (χ2v) is 12.1. The highest BCUT2D eigenvalue weighted by molar-refractivity contribution is 6.18. The highest BCUT2D eigenvalue weighted by atomic mass is 15.0. The minimum absolute atomic E-state index is 1.09. The quantitative estimate of drug-likeness (QED) is 0.199. The Labute approximate surface area is 255 Å². The number of aryl methyl sites for hydroxylation is 2. The zero-order valence-electron chi connectivity index (χ0n) is 24.2. The van der Waals surface area contributed by atoms with E-state index in [1.807, 2.05) is 0 Å². The average molecular weight is 561 g/mol. The van der Waals surface area contributed by atoms with Crippen LogP contribution in [0, 0.1) is 0 Å². The van der Waals surface area contributed by atoms with Gasteiger partial charge in [-0.2, -0.15) is 0 Å². The molecule has 206 valence electrons. The van der Waals surface area contributed by atoms with Crippen molar-refractivity contribution in [1.29, 1.82) is 0 Å². The van der Waals surface area contributed by atoms with Gasteiger partial charge < -0.3 is 9.13 Å². The first-order valence-corrected chi connectivity index (χ1v) is 15.5. The molecule has 0 fully saturated rings. The molecule has 0 aliphatic heterocycles. The Morgan fingerprint density at radius 2 is 0.977 bits per heavy atom. The van der Waals surface area contributed by atoms with Crippen LogP contribution in [0.2, 0.25) is 0 Å². The first-order valence-electron chi connectivity index (χ1n) is 15.5. The summed E-state index contributed by atoms with van der Waals surface area (Å²) in [5.74, 6) is 0. The molecule has 0 atom stereocenters. The number of para-hydroxylation sites is 2. The van der Waals surface area contributed by atoms with Crippen molar-refractivity contribution in [3.63, 3.8) is 0 Å². The number of fused-ring (bicyclic) bond motifs is 11. The van der Waals surface area contributed by atoms with Gasteiger partial charge in [-0.3, -0.25) is 0 Å². The van der Waals surface area contributed by atoms with Crippen LogP contribution in [0.1, 0.15) is 11.1 Å². The van der Waals surface area contributed by atoms with E-state index >= 15 is 0 Å². The standard InChI is InChI=1S/C42H28N2/c1-3-11-32-27(9-1)17-18-29-25-38-35-14-6-7-15-39(35)43(41(38)26-37(29)32)30-20-22-31(23-21-30)44-40-16-8-5-13-34(40)36-24-19-28-10-2-4-12-33(28)42(36)44/h1-16,19-26H,17-18H2. The summed E-state index contributed by atoms with van der Waals surface area (Å²) >= 11 is 0. The summed E-state index contributed by atoms with van der Waals surface area (Å²) in [7, 11) is 0. The number of hydrogen-bond acceptors (Lipinski definition) is 0. The summed E-state index contributed by atoms with van der Waals surface area (Å²) < 4.78 is 4.89. The first-order chi connectivity index (χ1) is 21.8. The average Bonchev–Trinajstić information content (AvgIpc) is 3.60. The SMILES string of the molecule is c1ccc2c(c1)CCc1cc3c4ccccc4n(-c4ccc(-n5c6ccccc6c6ccc7ccccc7c65)cc4)c3cc1-2. The molecule has 10 rings (SSSR count). The fraction of sp³-hybridized carbons (Fsp3) is 0.0476. The smallest absolute Gasteiger partial charge is 0.0619 e. The second kappa shape index (κ2) is 8.95. The number of nitrogens with zero attached hydrogens (tertiary/aromatic N) is 2. The molecule has 0 N–H and O–H groups in total. The maximum Gasteiger partial charge on any atom is 0.0619 e. The molecule has 7 aromatic carbocycles. The summed E-state index contributed by atoms with van der Waals surface area (Å²) in [5.41, 5.74) is 13.0. The van der Waals surface area contributed by atoms with Crippen LogP contribution >= 0.6 is 0 Å². The minimum atomic E-state index is 1.09. The summed E-state index contributed by atoms with van der Waals surface area (Å²) in [6.07, 6.45) is 2.19. The van der Waals surface area contributed by atoms with Crippen LogP contribution in [0.15, 0.2) is 146 Å². The van der Waals surface area contributed by atoms with Gasteiger partial charge in [-0.25, -0.2) is 0 Å². The lowest BCUT2D eigenvalue weighted by molar-refractivity contribution is 0.944. The topological polar surface area (TPSA) is 9.86 Å². The minimum Gasteiger partial charge on any atom is -0.309 e. The Kier molecular flexibility index (Phi) is 4.86. The van der Waals surface area contributed by atoms with Crippen molar-refractivity contribution < 1.29 is 0 Å². The lowest BCUT2D eigenvalue weighted by Gasteiger charge is -2.20. The summed E-state index contributed by atoms with van der Waals surface area (Å²) in [6.45, 7) is 0. The van der Waals surface area contributed by atoms with Crippen LogP contribution in [0.5, 0.6) is 0 Å². The molecule has 44 heavy (non-hydrogen) atoms. The van der Waals surface area contributed by atoms with Gasteiger partial charge in [0.25, 0.3) is 0 Å². The molecule has 2 heterocycles. The van der Waals surface area contributed by atoms with Gasteiger partial charge in [0.05, 0.1) is 22.1 Å². The molecule has 0 spiro atoms. The molecule has 2 heteroatoms. The molecule has 2 nitrogen and oxygen atoms in total. The lowest BCUT2D eigenvalue weighted by atomic mass is 9.85. The first kappa shape index (κ1) is 23.9. The van der Waals surface area contributed by atoms with Crippen LogP contribution < -0.4 is 0 Å². The molecule has 1 aliphatic carbocycles. The fourth-order valence-electron chi connectivity index (χ4n) is 7.82. The van der Waals surface area contributed by atoms with Crippen LogP contribution in [0.25, 0.3) is 76.9 Å². The molecule has 0 bridgehead atoms. The summed E-state index contributed by atoms with van der Waals surface area (Å²) in [6, 6.07) is 53.8. The molecular weight excluding hydrogens is 532 g/mol. The Morgan fingerprint density at radius 3 is 1.80 bits per heavy atom. The van der Waals surface area contributed by atoms with Crippen LogP contribution in [-0.2, 0) is 12.8 Å². The van der Waals surface area contributed by atoms with Gasteiger partial charge in [0.1, 0.15) is 0 Å². The van der Waals surface area contributed by atoms with E-state index in [0.29, 0.717) is 0 Å². The van der Waals surface area contributed by atoms with Crippen LogP contribution in [-0.4, -0.2) is 9.13 Å². The van der Waals surface area contributed by atoms with Crippen LogP contribution in [0.4, 0.5) is 0 Å². The van der Waals surface area contributed by atoms with E-state index in [-0.39, 0.29) is 0 Å². The maximum atomic E-state index is 2.46. The predicted molar refractivity (Wildman–Crippen MR) is 185 cm³/mol. The normalized spacial score (nSPS) is 12.8. The Bertz CT molecular complexity index is 2600. The van der Waals surface area contributed by atoms with Gasteiger partial charge in [-0.1, -0.05) is 97.1 Å². The number of rotatable bonds is 2. The van der Waals surface area contributed by atoms with Gasteiger partial charge in [0.15, 0.2) is 0 Å². The van der Waals surface area contributed by atoms with E-state index in [4.69, 9.17) is 0 Å². The maximum absolute atomic E-state index is 2.46. The van der Waals surface area contributed by atoms with Gasteiger partial charge >= 0.3 is 0 Å². The molecule has 0 saturated carbocycles. The van der Waals surface area contributed by atoms with Crippen molar-refractivity contribution in [1.82, 2.24) is 9.13 Å². The fourth-order valence-corrected chi connectivity index (χ4v) is 7.82. The van der Waals surface area contributed by atoms with Gasteiger partial charge in [-0.15, -0.1) is 0 Å². The van der Waals surface area contributed by atoms with Crippen molar-refractivity contribution in [2.75, 3.05) is 0 Å². The zero-order valence-corrected chi connectivity index (χ0v) is 24.2. The summed E-state index contributed by atoms with van der Waals surface area (Å²) in [5, 5.41) is 7.74. The third kappa shape index (κ3) is 3.25. The number of hydrogen-bond donors (Lipinski definition) is 0. The molecule has 0 unspecified atom stereocenters. The Hall–Kier alpha value is -5.60. The zero-order chi connectivity index (χ0) is 28.8. The molecule has 0 amide bonds. The van der Waals surface area contributed by atoms with E-state index in [1.54, 1.807) is 0 Å². The monoisotopic (exact) mass is 560 g/mol. The third-order valence-electron chi connectivity index (χ3n) is 9.79. The van der Waals surface area contributed by atoms with Crippen molar-refractivity contribution in [3.05, 3.63) is 157 Å². The molecule has 1 aliphatic rings. The van der Waals surface area contributed by atoms with Gasteiger partial charge in [0, 0.05) is 38.3 Å². The summed E-state index contributed by atoms with van der Waals surface area (Å²) in [4.78, 5) is 0. The third-order valence-corrected chi connectivity index (χ3v) is 9.79. The van der Waals surface area contributed by atoms with E-state index in [1.165, 1.54) is 88.0 Å². The molecule has 9 aromatic rings. The highest BCUT2D eigenvalue weighted by Crippen LogP contribution is 2.41. The molecule has 2 aromatic heterocycles. The van der Waals surface area contributed by atoms with Gasteiger partial charge in [-0.05, 0) is 89.0 Å². The van der Waals surface area contributed by atoms with Crippen LogP contribution in [0.3, 0.4) is 0 Å². The molecular formula is C42H28N2. The highest BCUT2D eigenvalue weighted by Gasteiger charge is 2.21. The van der Waals surface area contributed by atoms with Crippen molar-refractivity contribution in [2.24, 2.45) is 0 Å². The van der Waals surface area contributed by atoms with Gasteiger partial charge in [0.2, 0.25) is 0 Å². The van der Waals surface area contributed by atoms with Crippen molar-refractivity contribution >= 4 is 54.4 Å². The van der Waals surface area contributed by atoms with Crippen molar-refractivity contribution in [2.45, 2.75) is 12.8 Å². The molecule has 0 radical (unpaired) electrons. The largest absolute Gasteiger partial charge is 0.309 e. The number of aromatic nitrogens is 2. The van der Waals surface area contributed by atoms with E-state index in [0.717, 1.165) is 12.8 Å². The van der Waals surface area contributed by atoms with E-state index in [9.17, 15) is 0 Å². The Balaban J connectivity index is 1.21. The van der Waals surface area contributed by atoms with E-state index in [2.05, 4.69) is 155 Å². The van der Waals surface area contributed by atoms with E-state index < -0.39 is 0 Å². The predicted octanol–water partition coefficient (Wildman–Crippen LogP) is 10.8. The molecule has 0 saturated heterocycles.